The van der Waals surface area contributed by atoms with Gasteiger partial charge in [-0.25, -0.2) is 4.79 Å². The molecule has 0 saturated carbocycles. The second-order valence-electron chi connectivity index (χ2n) is 4.19. The zero-order valence-corrected chi connectivity index (χ0v) is 11.9. The Kier molecular flexibility index (Phi) is 4.67. The lowest BCUT2D eigenvalue weighted by molar-refractivity contribution is 0.0694. The molecule has 0 saturated heterocycles. The van der Waals surface area contributed by atoms with Crippen LogP contribution < -0.4 is 9.47 Å². The number of halogens is 1. The van der Waals surface area contributed by atoms with Crippen molar-refractivity contribution in [1.29, 1.82) is 0 Å². The summed E-state index contributed by atoms with van der Waals surface area (Å²) in [4.78, 5) is 11.2. The molecule has 6 heteroatoms. The van der Waals surface area contributed by atoms with Crippen LogP contribution in [0.1, 0.15) is 15.9 Å². The van der Waals surface area contributed by atoms with E-state index in [1.807, 2.05) is 0 Å². The van der Waals surface area contributed by atoms with Crippen molar-refractivity contribution < 1.29 is 24.5 Å². The minimum absolute atomic E-state index is 0.0456. The number of aliphatic hydroxyl groups excluding tert-OH is 1. The second-order valence-corrected chi connectivity index (χ2v) is 4.63. The molecule has 2 aromatic rings. The molecule has 0 aromatic heterocycles. The Morgan fingerprint density at radius 2 is 1.86 bits per heavy atom. The molecule has 0 bridgehead atoms. The largest absolute Gasteiger partial charge is 0.493 e. The summed E-state index contributed by atoms with van der Waals surface area (Å²) in [6.07, 6.45) is 0. The van der Waals surface area contributed by atoms with Crippen LogP contribution in [-0.2, 0) is 6.61 Å². The number of aliphatic hydroxyl groups is 1. The first-order chi connectivity index (χ1) is 10.0. The number of carboxylic acids is 1. The molecule has 0 amide bonds. The lowest BCUT2D eigenvalue weighted by Crippen LogP contribution is -2.01. The van der Waals surface area contributed by atoms with E-state index in [1.165, 1.54) is 25.3 Å². The van der Waals surface area contributed by atoms with E-state index in [4.69, 9.17) is 26.2 Å². The summed E-state index contributed by atoms with van der Waals surface area (Å²) >= 11 is 5.79. The molecule has 110 valence electrons. The number of methoxy groups -OCH3 is 1. The normalized spacial score (nSPS) is 10.2. The minimum atomic E-state index is -1.14. The van der Waals surface area contributed by atoms with Gasteiger partial charge in [-0.2, -0.15) is 0 Å². The van der Waals surface area contributed by atoms with Gasteiger partial charge in [0.05, 0.1) is 13.7 Å². The summed E-state index contributed by atoms with van der Waals surface area (Å²) in [6, 6.07) is 9.21. The number of hydrogen-bond donors (Lipinski definition) is 2. The molecule has 5 nitrogen and oxygen atoms in total. The summed E-state index contributed by atoms with van der Waals surface area (Å²) in [5, 5.41) is 18.6. The van der Waals surface area contributed by atoms with Crippen LogP contribution in [0.5, 0.6) is 17.2 Å². The molecule has 0 fully saturated rings. The minimum Gasteiger partial charge on any atom is -0.493 e. The maximum absolute atomic E-state index is 11.2. The van der Waals surface area contributed by atoms with Crippen LogP contribution in [0.15, 0.2) is 36.4 Å². The van der Waals surface area contributed by atoms with E-state index >= 15 is 0 Å². The van der Waals surface area contributed by atoms with Gasteiger partial charge in [-0.1, -0.05) is 17.7 Å². The number of carboxylic acid groups (broad SMARTS) is 1. The van der Waals surface area contributed by atoms with Crippen molar-refractivity contribution in [3.05, 3.63) is 52.5 Å². The molecular formula is C15H13ClO5. The van der Waals surface area contributed by atoms with E-state index < -0.39 is 5.97 Å². The third kappa shape index (κ3) is 3.45. The van der Waals surface area contributed by atoms with Gasteiger partial charge in [-0.15, -0.1) is 0 Å². The van der Waals surface area contributed by atoms with Crippen molar-refractivity contribution in [2.75, 3.05) is 7.11 Å². The Labute approximate surface area is 126 Å². The lowest BCUT2D eigenvalue weighted by Gasteiger charge is -2.13. The maximum atomic E-state index is 11.2. The van der Waals surface area contributed by atoms with E-state index in [1.54, 1.807) is 18.2 Å². The van der Waals surface area contributed by atoms with Crippen molar-refractivity contribution in [3.63, 3.8) is 0 Å². The van der Waals surface area contributed by atoms with E-state index in [0.717, 1.165) is 0 Å². The van der Waals surface area contributed by atoms with Crippen molar-refractivity contribution in [2.45, 2.75) is 6.61 Å². The van der Waals surface area contributed by atoms with E-state index in [9.17, 15) is 9.90 Å². The topological polar surface area (TPSA) is 76.0 Å². The average molecular weight is 309 g/mol. The highest BCUT2D eigenvalue weighted by atomic mass is 35.5. The molecule has 0 atom stereocenters. The molecular weight excluding hydrogens is 296 g/mol. The fourth-order valence-electron chi connectivity index (χ4n) is 1.77. The summed E-state index contributed by atoms with van der Waals surface area (Å²) in [7, 11) is 1.46. The Bertz CT molecular complexity index is 669. The third-order valence-electron chi connectivity index (χ3n) is 2.80. The van der Waals surface area contributed by atoms with Crippen LogP contribution in [0, 0.1) is 0 Å². The Hall–Kier alpha value is -2.24. The van der Waals surface area contributed by atoms with E-state index in [0.29, 0.717) is 22.1 Å². The van der Waals surface area contributed by atoms with Crippen LogP contribution in [0.4, 0.5) is 0 Å². The zero-order valence-electron chi connectivity index (χ0n) is 11.2. The SMILES string of the molecule is COc1cc(CO)ccc1Oc1ccc(Cl)cc1C(=O)O. The molecule has 2 aromatic carbocycles. The molecule has 2 rings (SSSR count). The monoisotopic (exact) mass is 308 g/mol. The van der Waals surface area contributed by atoms with Crippen LogP contribution in [-0.4, -0.2) is 23.3 Å². The summed E-state index contributed by atoms with van der Waals surface area (Å²) in [6.45, 7) is -0.127. The van der Waals surface area contributed by atoms with Crippen molar-refractivity contribution in [1.82, 2.24) is 0 Å². The van der Waals surface area contributed by atoms with Gasteiger partial charge >= 0.3 is 5.97 Å². The predicted molar refractivity (Wildman–Crippen MR) is 77.4 cm³/mol. The van der Waals surface area contributed by atoms with Gasteiger partial charge in [0.25, 0.3) is 0 Å². The number of hydrogen-bond acceptors (Lipinski definition) is 4. The molecule has 2 N–H and O–H groups in total. The number of aromatic carboxylic acids is 1. The molecule has 0 spiro atoms. The quantitative estimate of drug-likeness (QED) is 0.886. The van der Waals surface area contributed by atoms with Crippen LogP contribution in [0.2, 0.25) is 5.02 Å². The predicted octanol–water partition coefficient (Wildman–Crippen LogP) is 3.33. The highest BCUT2D eigenvalue weighted by molar-refractivity contribution is 6.31. The molecule has 0 aliphatic heterocycles. The summed E-state index contributed by atoms with van der Waals surface area (Å²) in [5.74, 6) is -0.243. The van der Waals surface area contributed by atoms with Gasteiger partial charge in [0.1, 0.15) is 11.3 Å². The van der Waals surface area contributed by atoms with Gasteiger partial charge < -0.3 is 19.7 Å². The fraction of sp³-hybridized carbons (Fsp3) is 0.133. The zero-order chi connectivity index (χ0) is 15.4. The first-order valence-electron chi connectivity index (χ1n) is 6.03. The van der Waals surface area contributed by atoms with Gasteiger partial charge in [-0.3, -0.25) is 0 Å². The second kappa shape index (κ2) is 6.47. The average Bonchev–Trinajstić information content (AvgIpc) is 2.49. The number of ether oxygens (including phenoxy) is 2. The van der Waals surface area contributed by atoms with Crippen molar-refractivity contribution >= 4 is 17.6 Å². The Morgan fingerprint density at radius 1 is 1.14 bits per heavy atom. The van der Waals surface area contributed by atoms with E-state index in [-0.39, 0.29) is 17.9 Å². The first kappa shape index (κ1) is 15.2. The number of rotatable bonds is 5. The fourth-order valence-corrected chi connectivity index (χ4v) is 1.94. The number of benzene rings is 2. The van der Waals surface area contributed by atoms with Crippen LogP contribution in [0.3, 0.4) is 0 Å². The Balaban J connectivity index is 2.40. The molecule has 0 aliphatic carbocycles. The standard InChI is InChI=1S/C15H13ClO5/c1-20-14-6-9(8-17)2-4-13(14)21-12-5-3-10(16)7-11(12)15(18)19/h2-7,17H,8H2,1H3,(H,18,19). The summed E-state index contributed by atoms with van der Waals surface area (Å²) < 4.78 is 10.8. The smallest absolute Gasteiger partial charge is 0.339 e. The Morgan fingerprint density at radius 3 is 2.48 bits per heavy atom. The van der Waals surface area contributed by atoms with Crippen LogP contribution >= 0.6 is 11.6 Å². The van der Waals surface area contributed by atoms with Gasteiger partial charge in [-0.05, 0) is 35.9 Å². The lowest BCUT2D eigenvalue weighted by atomic mass is 10.2. The van der Waals surface area contributed by atoms with Gasteiger partial charge in [0.15, 0.2) is 11.5 Å². The summed E-state index contributed by atoms with van der Waals surface area (Å²) in [5.41, 5.74) is 0.615. The van der Waals surface area contributed by atoms with Gasteiger partial charge in [0, 0.05) is 5.02 Å². The molecule has 21 heavy (non-hydrogen) atoms. The molecule has 0 heterocycles. The van der Waals surface area contributed by atoms with Gasteiger partial charge in [0.2, 0.25) is 0 Å². The molecule has 0 unspecified atom stereocenters. The van der Waals surface area contributed by atoms with Crippen molar-refractivity contribution in [3.8, 4) is 17.2 Å². The first-order valence-corrected chi connectivity index (χ1v) is 6.41. The van der Waals surface area contributed by atoms with Crippen molar-refractivity contribution in [2.24, 2.45) is 0 Å². The maximum Gasteiger partial charge on any atom is 0.339 e. The number of carbonyl (C=O) groups is 1. The molecule has 0 aliphatic rings. The highest BCUT2D eigenvalue weighted by Crippen LogP contribution is 2.34. The van der Waals surface area contributed by atoms with Crippen LogP contribution in [0.25, 0.3) is 0 Å². The van der Waals surface area contributed by atoms with E-state index in [2.05, 4.69) is 0 Å². The third-order valence-corrected chi connectivity index (χ3v) is 3.04. The molecule has 0 radical (unpaired) electrons. The highest BCUT2D eigenvalue weighted by Gasteiger charge is 2.15.